The number of likely N-dealkylation sites (tertiary alicyclic amines) is 1. The summed E-state index contributed by atoms with van der Waals surface area (Å²) >= 11 is 0. The van der Waals surface area contributed by atoms with Gasteiger partial charge >= 0.3 is 0 Å². The Labute approximate surface area is 126 Å². The maximum Gasteiger partial charge on any atom is 0.0995 e. The molecule has 2 rings (SSSR count). The number of hydrogen-bond acceptors (Lipinski definition) is 4. The fraction of sp³-hybridized carbons (Fsp3) is 0.588. The highest BCUT2D eigenvalue weighted by atomic mass is 16.3. The molecule has 1 aromatic carbocycles. The van der Waals surface area contributed by atoms with Crippen molar-refractivity contribution >= 4 is 0 Å². The average Bonchev–Trinajstić information content (AvgIpc) is 2.51. The number of benzene rings is 1. The lowest BCUT2D eigenvalue weighted by atomic mass is 9.73. The van der Waals surface area contributed by atoms with E-state index in [0.717, 1.165) is 31.4 Å². The van der Waals surface area contributed by atoms with E-state index >= 15 is 0 Å². The smallest absolute Gasteiger partial charge is 0.0995 e. The molecule has 1 aromatic rings. The molecule has 0 aromatic heterocycles. The minimum absolute atomic E-state index is 0.0463. The number of β-amino-alcohol motifs (C(OH)–C–C–N with tert-alkyl or cyclic N) is 1. The van der Waals surface area contributed by atoms with Gasteiger partial charge in [-0.05, 0) is 31.0 Å². The first-order chi connectivity index (χ1) is 10.1. The fourth-order valence-electron chi connectivity index (χ4n) is 3.28. The maximum absolute atomic E-state index is 10.5. The second-order valence-electron chi connectivity index (χ2n) is 6.04. The van der Waals surface area contributed by atoms with Gasteiger partial charge in [0.05, 0.1) is 24.3 Å². The van der Waals surface area contributed by atoms with Crippen molar-refractivity contribution in [3.05, 3.63) is 35.4 Å². The Morgan fingerprint density at radius 2 is 2.19 bits per heavy atom. The SMILES string of the molecule is CCC[C@]1(CO)CCN(Cc2ccccc2C#N)C[C@H]1O. The molecule has 0 amide bonds. The van der Waals surface area contributed by atoms with Crippen LogP contribution >= 0.6 is 0 Å². The van der Waals surface area contributed by atoms with E-state index in [1.807, 2.05) is 24.3 Å². The van der Waals surface area contributed by atoms with Crippen molar-refractivity contribution in [2.24, 2.45) is 5.41 Å². The van der Waals surface area contributed by atoms with Crippen molar-refractivity contribution in [2.45, 2.75) is 38.8 Å². The van der Waals surface area contributed by atoms with Gasteiger partial charge in [-0.25, -0.2) is 0 Å². The van der Waals surface area contributed by atoms with E-state index in [1.165, 1.54) is 0 Å². The lowest BCUT2D eigenvalue weighted by Gasteiger charge is -2.44. The van der Waals surface area contributed by atoms with Gasteiger partial charge in [-0.3, -0.25) is 4.90 Å². The molecule has 21 heavy (non-hydrogen) atoms. The third kappa shape index (κ3) is 3.44. The van der Waals surface area contributed by atoms with E-state index in [0.29, 0.717) is 18.7 Å². The Morgan fingerprint density at radius 3 is 2.81 bits per heavy atom. The Hall–Kier alpha value is -1.41. The van der Waals surface area contributed by atoms with Crippen LogP contribution in [0.1, 0.15) is 37.3 Å². The van der Waals surface area contributed by atoms with Crippen molar-refractivity contribution in [3.63, 3.8) is 0 Å². The second kappa shape index (κ2) is 7.04. The molecule has 1 aliphatic heterocycles. The monoisotopic (exact) mass is 288 g/mol. The minimum atomic E-state index is -0.509. The normalized spacial score (nSPS) is 26.5. The first-order valence-corrected chi connectivity index (χ1v) is 7.64. The van der Waals surface area contributed by atoms with Crippen LogP contribution in [0, 0.1) is 16.7 Å². The van der Waals surface area contributed by atoms with E-state index in [9.17, 15) is 10.2 Å². The predicted octanol–water partition coefficient (Wildman–Crippen LogP) is 1.90. The third-order valence-corrected chi connectivity index (χ3v) is 4.66. The molecule has 0 radical (unpaired) electrons. The van der Waals surface area contributed by atoms with Gasteiger partial charge in [-0.15, -0.1) is 0 Å². The first kappa shape index (κ1) is 16.0. The number of nitriles is 1. The molecule has 0 aliphatic carbocycles. The van der Waals surface area contributed by atoms with Crippen molar-refractivity contribution in [1.29, 1.82) is 5.26 Å². The first-order valence-electron chi connectivity index (χ1n) is 7.64. The summed E-state index contributed by atoms with van der Waals surface area (Å²) < 4.78 is 0. The number of rotatable bonds is 5. The molecule has 0 unspecified atom stereocenters. The topological polar surface area (TPSA) is 67.5 Å². The van der Waals surface area contributed by atoms with Crippen LogP contribution in [0.15, 0.2) is 24.3 Å². The molecule has 0 saturated carbocycles. The fourth-order valence-corrected chi connectivity index (χ4v) is 3.28. The van der Waals surface area contributed by atoms with Crippen molar-refractivity contribution in [2.75, 3.05) is 19.7 Å². The van der Waals surface area contributed by atoms with Gasteiger partial charge in [-0.2, -0.15) is 5.26 Å². The third-order valence-electron chi connectivity index (χ3n) is 4.66. The molecule has 4 heteroatoms. The summed E-state index contributed by atoms with van der Waals surface area (Å²) in [6, 6.07) is 9.80. The minimum Gasteiger partial charge on any atom is -0.396 e. The summed E-state index contributed by atoms with van der Waals surface area (Å²) in [7, 11) is 0. The van der Waals surface area contributed by atoms with Gasteiger partial charge in [-0.1, -0.05) is 31.5 Å². The highest BCUT2D eigenvalue weighted by Gasteiger charge is 2.40. The molecule has 1 heterocycles. The summed E-state index contributed by atoms with van der Waals surface area (Å²) in [5, 5.41) is 29.3. The van der Waals surface area contributed by atoms with Crippen molar-refractivity contribution in [3.8, 4) is 6.07 Å². The molecule has 1 fully saturated rings. The van der Waals surface area contributed by atoms with E-state index in [2.05, 4.69) is 17.9 Å². The highest BCUT2D eigenvalue weighted by Crippen LogP contribution is 2.36. The van der Waals surface area contributed by atoms with Gasteiger partial charge in [0.2, 0.25) is 0 Å². The zero-order chi connectivity index (χ0) is 15.3. The molecule has 1 saturated heterocycles. The molecule has 114 valence electrons. The molecular weight excluding hydrogens is 264 g/mol. The summed E-state index contributed by atoms with van der Waals surface area (Å²) in [6.45, 7) is 4.20. The molecule has 0 bridgehead atoms. The largest absolute Gasteiger partial charge is 0.396 e. The van der Waals surface area contributed by atoms with Crippen LogP contribution in [0.2, 0.25) is 0 Å². The Morgan fingerprint density at radius 1 is 1.43 bits per heavy atom. The standard InChI is InChI=1S/C17H24N2O2/c1-2-7-17(13-20)8-9-19(12-16(17)21)11-15-6-4-3-5-14(15)10-18/h3-6,16,20-21H,2,7-9,11-13H2,1H3/t16-,17-/m1/s1. The number of hydrogen-bond donors (Lipinski definition) is 2. The van der Waals surface area contributed by atoms with Crippen LogP contribution in [0.4, 0.5) is 0 Å². The molecule has 2 atom stereocenters. The summed E-state index contributed by atoms with van der Waals surface area (Å²) in [5.74, 6) is 0. The van der Waals surface area contributed by atoms with Gasteiger partial charge in [0, 0.05) is 18.5 Å². The number of aliphatic hydroxyl groups is 2. The van der Waals surface area contributed by atoms with E-state index in [1.54, 1.807) is 0 Å². The van der Waals surface area contributed by atoms with Crippen molar-refractivity contribution < 1.29 is 10.2 Å². The zero-order valence-electron chi connectivity index (χ0n) is 12.6. The van der Waals surface area contributed by atoms with E-state index < -0.39 is 6.10 Å². The molecule has 1 aliphatic rings. The average molecular weight is 288 g/mol. The van der Waals surface area contributed by atoms with Crippen LogP contribution in [-0.4, -0.2) is 40.9 Å². The molecule has 4 nitrogen and oxygen atoms in total. The lowest BCUT2D eigenvalue weighted by Crippen LogP contribution is -2.52. The Bertz CT molecular complexity index is 512. The Balaban J connectivity index is 2.04. The number of nitrogens with zero attached hydrogens (tertiary/aromatic N) is 2. The van der Waals surface area contributed by atoms with Gasteiger partial charge in [0.1, 0.15) is 0 Å². The summed E-state index contributed by atoms with van der Waals surface area (Å²) in [6.07, 6.45) is 2.11. The number of piperidine rings is 1. The highest BCUT2D eigenvalue weighted by molar-refractivity contribution is 5.37. The van der Waals surface area contributed by atoms with Gasteiger partial charge in [0.15, 0.2) is 0 Å². The maximum atomic E-state index is 10.5. The van der Waals surface area contributed by atoms with Crippen LogP contribution in [0.25, 0.3) is 0 Å². The van der Waals surface area contributed by atoms with E-state index in [-0.39, 0.29) is 12.0 Å². The van der Waals surface area contributed by atoms with E-state index in [4.69, 9.17) is 5.26 Å². The quantitative estimate of drug-likeness (QED) is 0.868. The lowest BCUT2D eigenvalue weighted by molar-refractivity contribution is -0.0802. The predicted molar refractivity (Wildman–Crippen MR) is 81.5 cm³/mol. The van der Waals surface area contributed by atoms with Gasteiger partial charge in [0.25, 0.3) is 0 Å². The molecule has 0 spiro atoms. The second-order valence-corrected chi connectivity index (χ2v) is 6.04. The Kier molecular flexibility index (Phi) is 5.35. The summed E-state index contributed by atoms with van der Waals surface area (Å²) in [4.78, 5) is 2.17. The number of aliphatic hydroxyl groups excluding tert-OH is 2. The van der Waals surface area contributed by atoms with Crippen LogP contribution in [-0.2, 0) is 6.54 Å². The molecule has 2 N–H and O–H groups in total. The zero-order valence-corrected chi connectivity index (χ0v) is 12.6. The molecular formula is C17H24N2O2. The summed E-state index contributed by atoms with van der Waals surface area (Å²) in [5.41, 5.74) is 1.35. The van der Waals surface area contributed by atoms with Crippen LogP contribution in [0.3, 0.4) is 0 Å². The van der Waals surface area contributed by atoms with Gasteiger partial charge < -0.3 is 10.2 Å². The van der Waals surface area contributed by atoms with Crippen LogP contribution in [0.5, 0.6) is 0 Å². The van der Waals surface area contributed by atoms with Crippen molar-refractivity contribution in [1.82, 2.24) is 4.90 Å². The van der Waals surface area contributed by atoms with Crippen LogP contribution < -0.4 is 0 Å².